The molecule has 0 spiro atoms. The first-order valence-corrected chi connectivity index (χ1v) is 6.91. The van der Waals surface area contributed by atoms with Gasteiger partial charge in [0.1, 0.15) is 12.3 Å². The fourth-order valence-corrected chi connectivity index (χ4v) is 2.20. The first-order chi connectivity index (χ1) is 9.40. The SMILES string of the molecule is COC(=O)CN(C(=O)c1ccc(OC)c(Br)c1)C(C)C. The number of methoxy groups -OCH3 is 2. The maximum Gasteiger partial charge on any atom is 0.325 e. The van der Waals surface area contributed by atoms with Gasteiger partial charge in [0.05, 0.1) is 18.7 Å². The Kier molecular flexibility index (Phi) is 6.01. The van der Waals surface area contributed by atoms with E-state index >= 15 is 0 Å². The molecule has 5 nitrogen and oxygen atoms in total. The van der Waals surface area contributed by atoms with Gasteiger partial charge in [-0.15, -0.1) is 0 Å². The second-order valence-corrected chi connectivity index (χ2v) is 5.31. The topological polar surface area (TPSA) is 55.8 Å². The van der Waals surface area contributed by atoms with Crippen LogP contribution in [0, 0.1) is 0 Å². The van der Waals surface area contributed by atoms with E-state index < -0.39 is 5.97 Å². The lowest BCUT2D eigenvalue weighted by atomic mass is 10.1. The molecule has 0 fully saturated rings. The molecule has 0 aliphatic carbocycles. The minimum absolute atomic E-state index is 0.0728. The van der Waals surface area contributed by atoms with E-state index in [1.807, 2.05) is 13.8 Å². The summed E-state index contributed by atoms with van der Waals surface area (Å²) in [6.45, 7) is 3.62. The highest BCUT2D eigenvalue weighted by atomic mass is 79.9. The van der Waals surface area contributed by atoms with E-state index in [1.54, 1.807) is 25.3 Å². The molecule has 1 aromatic carbocycles. The number of carbonyl (C=O) groups is 2. The van der Waals surface area contributed by atoms with E-state index in [4.69, 9.17) is 4.74 Å². The number of amides is 1. The summed E-state index contributed by atoms with van der Waals surface area (Å²) in [6, 6.07) is 4.93. The van der Waals surface area contributed by atoms with Crippen LogP contribution in [-0.4, -0.2) is 43.6 Å². The van der Waals surface area contributed by atoms with Crippen molar-refractivity contribution in [1.82, 2.24) is 4.90 Å². The molecular weight excluding hydrogens is 326 g/mol. The molecule has 0 aliphatic heterocycles. The van der Waals surface area contributed by atoms with Crippen molar-refractivity contribution in [3.05, 3.63) is 28.2 Å². The highest BCUT2D eigenvalue weighted by molar-refractivity contribution is 9.10. The number of halogens is 1. The fourth-order valence-electron chi connectivity index (χ4n) is 1.66. The number of ether oxygens (including phenoxy) is 2. The molecule has 1 amide bonds. The smallest absolute Gasteiger partial charge is 0.325 e. The highest BCUT2D eigenvalue weighted by Gasteiger charge is 2.22. The summed E-state index contributed by atoms with van der Waals surface area (Å²) in [5.41, 5.74) is 0.482. The Morgan fingerprint density at radius 2 is 1.95 bits per heavy atom. The number of esters is 1. The molecule has 0 unspecified atom stereocenters. The van der Waals surface area contributed by atoms with E-state index in [9.17, 15) is 9.59 Å². The zero-order valence-corrected chi connectivity index (χ0v) is 13.6. The third-order valence-corrected chi connectivity index (χ3v) is 3.43. The van der Waals surface area contributed by atoms with Crippen LogP contribution in [0.5, 0.6) is 5.75 Å². The molecule has 0 heterocycles. The van der Waals surface area contributed by atoms with Crippen molar-refractivity contribution in [2.24, 2.45) is 0 Å². The third-order valence-electron chi connectivity index (χ3n) is 2.81. The zero-order valence-electron chi connectivity index (χ0n) is 12.0. The molecule has 20 heavy (non-hydrogen) atoms. The average Bonchev–Trinajstić information content (AvgIpc) is 2.43. The van der Waals surface area contributed by atoms with Crippen LogP contribution in [0.1, 0.15) is 24.2 Å². The molecule has 0 aromatic heterocycles. The van der Waals surface area contributed by atoms with Crippen LogP contribution in [-0.2, 0) is 9.53 Å². The highest BCUT2D eigenvalue weighted by Crippen LogP contribution is 2.26. The van der Waals surface area contributed by atoms with Crippen molar-refractivity contribution in [3.8, 4) is 5.75 Å². The maximum atomic E-state index is 12.4. The number of benzene rings is 1. The minimum atomic E-state index is -0.445. The van der Waals surface area contributed by atoms with Gasteiger partial charge in [-0.05, 0) is 48.0 Å². The lowest BCUT2D eigenvalue weighted by Gasteiger charge is -2.25. The number of hydrogen-bond acceptors (Lipinski definition) is 4. The van der Waals surface area contributed by atoms with Gasteiger partial charge in [-0.2, -0.15) is 0 Å². The Bertz CT molecular complexity index is 502. The van der Waals surface area contributed by atoms with E-state index in [0.717, 1.165) is 0 Å². The van der Waals surface area contributed by atoms with E-state index in [2.05, 4.69) is 20.7 Å². The Balaban J connectivity index is 3.00. The van der Waals surface area contributed by atoms with Gasteiger partial charge in [0, 0.05) is 11.6 Å². The number of nitrogens with zero attached hydrogens (tertiary/aromatic N) is 1. The van der Waals surface area contributed by atoms with Gasteiger partial charge in [-0.1, -0.05) is 0 Å². The van der Waals surface area contributed by atoms with Crippen molar-refractivity contribution in [3.63, 3.8) is 0 Å². The van der Waals surface area contributed by atoms with Crippen molar-refractivity contribution in [2.45, 2.75) is 19.9 Å². The van der Waals surface area contributed by atoms with Crippen molar-refractivity contribution < 1.29 is 19.1 Å². The van der Waals surface area contributed by atoms with Gasteiger partial charge < -0.3 is 14.4 Å². The molecule has 0 saturated carbocycles. The monoisotopic (exact) mass is 343 g/mol. The van der Waals surface area contributed by atoms with Crippen molar-refractivity contribution in [2.75, 3.05) is 20.8 Å². The fraction of sp³-hybridized carbons (Fsp3) is 0.429. The Labute approximate surface area is 127 Å². The average molecular weight is 344 g/mol. The van der Waals surface area contributed by atoms with Crippen LogP contribution < -0.4 is 4.74 Å². The molecule has 0 saturated heterocycles. The molecular formula is C14H18BrNO4. The summed E-state index contributed by atoms with van der Waals surface area (Å²) >= 11 is 3.34. The number of carbonyl (C=O) groups excluding carboxylic acids is 2. The van der Waals surface area contributed by atoms with Crippen LogP contribution in [0.3, 0.4) is 0 Å². The predicted octanol–water partition coefficient (Wildman–Crippen LogP) is 2.48. The molecule has 0 bridgehead atoms. The van der Waals surface area contributed by atoms with E-state index in [1.165, 1.54) is 12.0 Å². The number of rotatable bonds is 5. The predicted molar refractivity (Wildman–Crippen MR) is 78.9 cm³/mol. The summed E-state index contributed by atoms with van der Waals surface area (Å²) < 4.78 is 10.4. The molecule has 0 N–H and O–H groups in total. The van der Waals surface area contributed by atoms with Crippen molar-refractivity contribution >= 4 is 27.8 Å². The Morgan fingerprint density at radius 1 is 1.30 bits per heavy atom. The Morgan fingerprint density at radius 3 is 2.40 bits per heavy atom. The summed E-state index contributed by atoms with van der Waals surface area (Å²) in [7, 11) is 2.86. The van der Waals surface area contributed by atoms with Gasteiger partial charge in [0.25, 0.3) is 5.91 Å². The van der Waals surface area contributed by atoms with Crippen LogP contribution in [0.2, 0.25) is 0 Å². The van der Waals surface area contributed by atoms with Crippen LogP contribution in [0.25, 0.3) is 0 Å². The minimum Gasteiger partial charge on any atom is -0.496 e. The van der Waals surface area contributed by atoms with Crippen LogP contribution >= 0.6 is 15.9 Å². The largest absolute Gasteiger partial charge is 0.496 e. The molecule has 0 atom stereocenters. The summed E-state index contributed by atoms with van der Waals surface area (Å²) in [6.07, 6.45) is 0. The molecule has 0 aliphatic rings. The van der Waals surface area contributed by atoms with Gasteiger partial charge >= 0.3 is 5.97 Å². The van der Waals surface area contributed by atoms with Gasteiger partial charge in [-0.25, -0.2) is 0 Å². The Hall–Kier alpha value is -1.56. The lowest BCUT2D eigenvalue weighted by Crippen LogP contribution is -2.41. The molecule has 1 rings (SSSR count). The zero-order chi connectivity index (χ0) is 15.3. The van der Waals surface area contributed by atoms with E-state index in [-0.39, 0.29) is 18.5 Å². The van der Waals surface area contributed by atoms with E-state index in [0.29, 0.717) is 15.8 Å². The lowest BCUT2D eigenvalue weighted by molar-refractivity contribution is -0.141. The van der Waals surface area contributed by atoms with Crippen molar-refractivity contribution in [1.29, 1.82) is 0 Å². The number of hydrogen-bond donors (Lipinski definition) is 0. The third kappa shape index (κ3) is 3.96. The quantitative estimate of drug-likeness (QED) is 0.770. The second kappa shape index (κ2) is 7.28. The maximum absolute atomic E-state index is 12.4. The first-order valence-electron chi connectivity index (χ1n) is 6.12. The molecule has 110 valence electrons. The van der Waals surface area contributed by atoms with Gasteiger partial charge in [0.2, 0.25) is 0 Å². The van der Waals surface area contributed by atoms with Crippen LogP contribution in [0.15, 0.2) is 22.7 Å². The molecule has 1 aromatic rings. The van der Waals surface area contributed by atoms with Crippen LogP contribution in [0.4, 0.5) is 0 Å². The standard InChI is InChI=1S/C14H18BrNO4/c1-9(2)16(8-13(17)20-4)14(18)10-5-6-12(19-3)11(15)7-10/h5-7,9H,8H2,1-4H3. The van der Waals surface area contributed by atoms with Gasteiger partial charge in [0.15, 0.2) is 0 Å². The first kappa shape index (κ1) is 16.5. The summed E-state index contributed by atoms with van der Waals surface area (Å²) in [4.78, 5) is 25.3. The molecule has 6 heteroatoms. The molecule has 0 radical (unpaired) electrons. The summed E-state index contributed by atoms with van der Waals surface area (Å²) in [5.74, 6) is -0.0287. The normalized spacial score (nSPS) is 10.3. The summed E-state index contributed by atoms with van der Waals surface area (Å²) in [5, 5.41) is 0. The van der Waals surface area contributed by atoms with Gasteiger partial charge in [-0.3, -0.25) is 9.59 Å². The second-order valence-electron chi connectivity index (χ2n) is 4.45.